The number of halogens is 2. The standard InChI is InChI=1S/C7H3Cl2N3O2/c8-5-4-2(11-7(9)12-5)1-3(10-4)6(13)14/h1,10H,(H,13,14). The minimum atomic E-state index is -1.09. The number of H-pyrrole nitrogens is 1. The Balaban J connectivity index is 2.76. The van der Waals surface area contributed by atoms with Gasteiger partial charge in [0.15, 0.2) is 5.15 Å². The first-order valence-electron chi connectivity index (χ1n) is 3.53. The molecule has 5 nitrogen and oxygen atoms in total. The number of carbonyl (C=O) groups is 1. The van der Waals surface area contributed by atoms with Gasteiger partial charge >= 0.3 is 5.97 Å². The Kier molecular flexibility index (Phi) is 2.05. The van der Waals surface area contributed by atoms with Crippen molar-refractivity contribution < 1.29 is 9.90 Å². The molecule has 0 fully saturated rings. The number of nitrogens with one attached hydrogen (secondary N) is 1. The van der Waals surface area contributed by atoms with E-state index in [2.05, 4.69) is 15.0 Å². The summed E-state index contributed by atoms with van der Waals surface area (Å²) in [6.07, 6.45) is 0. The van der Waals surface area contributed by atoms with Gasteiger partial charge < -0.3 is 10.1 Å². The molecule has 2 heterocycles. The van der Waals surface area contributed by atoms with E-state index in [-0.39, 0.29) is 16.1 Å². The average molecular weight is 232 g/mol. The average Bonchev–Trinajstić information content (AvgIpc) is 2.47. The maximum absolute atomic E-state index is 10.6. The summed E-state index contributed by atoms with van der Waals surface area (Å²) in [5.41, 5.74) is 0.749. The summed E-state index contributed by atoms with van der Waals surface area (Å²) in [6.45, 7) is 0. The highest BCUT2D eigenvalue weighted by Crippen LogP contribution is 2.21. The number of hydrogen-bond acceptors (Lipinski definition) is 3. The van der Waals surface area contributed by atoms with Crippen LogP contribution in [0.4, 0.5) is 0 Å². The zero-order valence-electron chi connectivity index (χ0n) is 6.58. The molecule has 0 aliphatic carbocycles. The number of aromatic amines is 1. The number of aromatic nitrogens is 3. The van der Waals surface area contributed by atoms with Crippen LogP contribution in [-0.2, 0) is 0 Å². The van der Waals surface area contributed by atoms with Gasteiger partial charge in [-0.1, -0.05) is 11.6 Å². The summed E-state index contributed by atoms with van der Waals surface area (Å²) in [6, 6.07) is 1.34. The molecule has 0 amide bonds. The lowest BCUT2D eigenvalue weighted by Gasteiger charge is -1.92. The molecule has 7 heteroatoms. The highest BCUT2D eigenvalue weighted by Gasteiger charge is 2.12. The lowest BCUT2D eigenvalue weighted by Crippen LogP contribution is -1.94. The zero-order valence-corrected chi connectivity index (χ0v) is 8.10. The van der Waals surface area contributed by atoms with Crippen LogP contribution in [0.3, 0.4) is 0 Å². The van der Waals surface area contributed by atoms with Crippen LogP contribution in [0, 0.1) is 0 Å². The first kappa shape index (κ1) is 9.23. The van der Waals surface area contributed by atoms with Gasteiger partial charge in [-0.15, -0.1) is 0 Å². The Morgan fingerprint density at radius 3 is 2.79 bits per heavy atom. The van der Waals surface area contributed by atoms with Gasteiger partial charge in [-0.2, -0.15) is 0 Å². The lowest BCUT2D eigenvalue weighted by atomic mass is 10.4. The predicted molar refractivity (Wildman–Crippen MR) is 50.9 cm³/mol. The molecule has 0 aliphatic heterocycles. The van der Waals surface area contributed by atoms with Crippen LogP contribution in [0.5, 0.6) is 0 Å². The summed E-state index contributed by atoms with van der Waals surface area (Å²) in [4.78, 5) is 20.7. The minimum Gasteiger partial charge on any atom is -0.477 e. The van der Waals surface area contributed by atoms with Crippen LogP contribution < -0.4 is 0 Å². The monoisotopic (exact) mass is 231 g/mol. The van der Waals surface area contributed by atoms with Gasteiger partial charge in [0, 0.05) is 0 Å². The van der Waals surface area contributed by atoms with E-state index < -0.39 is 5.97 Å². The predicted octanol–water partition coefficient (Wildman–Crippen LogP) is 1.96. The number of fused-ring (bicyclic) bond motifs is 1. The molecule has 0 aliphatic rings. The van der Waals surface area contributed by atoms with Gasteiger partial charge in [0.25, 0.3) is 0 Å². The van der Waals surface area contributed by atoms with E-state index in [0.29, 0.717) is 11.0 Å². The molecule has 0 unspecified atom stereocenters. The molecule has 0 saturated carbocycles. The van der Waals surface area contributed by atoms with Crippen molar-refractivity contribution in [2.24, 2.45) is 0 Å². The van der Waals surface area contributed by atoms with Crippen LogP contribution in [0.2, 0.25) is 10.4 Å². The SMILES string of the molecule is O=C(O)c1cc2nc(Cl)nc(Cl)c2[nH]1. The molecular weight excluding hydrogens is 229 g/mol. The molecule has 14 heavy (non-hydrogen) atoms. The fourth-order valence-electron chi connectivity index (χ4n) is 1.07. The maximum atomic E-state index is 10.6. The summed E-state index contributed by atoms with van der Waals surface area (Å²) in [5.74, 6) is -1.09. The van der Waals surface area contributed by atoms with Crippen molar-refractivity contribution in [1.29, 1.82) is 0 Å². The number of nitrogens with zero attached hydrogens (tertiary/aromatic N) is 2. The Hall–Kier alpha value is -1.33. The highest BCUT2D eigenvalue weighted by atomic mass is 35.5. The third kappa shape index (κ3) is 1.40. The Labute approximate surface area is 87.7 Å². The molecule has 0 saturated heterocycles. The van der Waals surface area contributed by atoms with Crippen molar-refractivity contribution in [1.82, 2.24) is 15.0 Å². The van der Waals surface area contributed by atoms with Crippen molar-refractivity contribution in [3.63, 3.8) is 0 Å². The first-order valence-corrected chi connectivity index (χ1v) is 4.28. The van der Waals surface area contributed by atoms with E-state index in [0.717, 1.165) is 0 Å². The molecule has 0 bridgehead atoms. The van der Waals surface area contributed by atoms with Gasteiger partial charge in [-0.3, -0.25) is 0 Å². The summed E-state index contributed by atoms with van der Waals surface area (Å²) < 4.78 is 0. The topological polar surface area (TPSA) is 78.9 Å². The largest absolute Gasteiger partial charge is 0.477 e. The lowest BCUT2D eigenvalue weighted by molar-refractivity contribution is 0.0691. The third-order valence-electron chi connectivity index (χ3n) is 1.64. The van der Waals surface area contributed by atoms with Crippen molar-refractivity contribution in [2.75, 3.05) is 0 Å². The van der Waals surface area contributed by atoms with E-state index in [9.17, 15) is 4.79 Å². The van der Waals surface area contributed by atoms with Crippen LogP contribution in [0.25, 0.3) is 11.0 Å². The molecule has 0 atom stereocenters. The number of carboxylic acids is 1. The van der Waals surface area contributed by atoms with Gasteiger partial charge in [0.2, 0.25) is 5.28 Å². The quantitative estimate of drug-likeness (QED) is 0.581. The normalized spacial score (nSPS) is 10.7. The second kappa shape index (κ2) is 3.11. The van der Waals surface area contributed by atoms with Crippen LogP contribution in [-0.4, -0.2) is 26.0 Å². The zero-order chi connectivity index (χ0) is 10.3. The molecule has 0 spiro atoms. The second-order valence-electron chi connectivity index (χ2n) is 2.53. The molecule has 72 valence electrons. The van der Waals surface area contributed by atoms with Crippen LogP contribution in [0.1, 0.15) is 10.5 Å². The molecular formula is C7H3Cl2N3O2. The van der Waals surface area contributed by atoms with E-state index in [1.807, 2.05) is 0 Å². The second-order valence-corrected chi connectivity index (χ2v) is 3.23. The Morgan fingerprint density at radius 1 is 1.43 bits per heavy atom. The number of rotatable bonds is 1. The smallest absolute Gasteiger partial charge is 0.352 e. The van der Waals surface area contributed by atoms with Gasteiger partial charge in [-0.05, 0) is 17.7 Å². The van der Waals surface area contributed by atoms with Crippen molar-refractivity contribution >= 4 is 40.2 Å². The van der Waals surface area contributed by atoms with Gasteiger partial charge in [0.1, 0.15) is 11.2 Å². The minimum absolute atomic E-state index is 0.00142. The van der Waals surface area contributed by atoms with Crippen molar-refractivity contribution in [3.8, 4) is 0 Å². The third-order valence-corrected chi connectivity index (χ3v) is 2.08. The maximum Gasteiger partial charge on any atom is 0.352 e. The van der Waals surface area contributed by atoms with E-state index in [4.69, 9.17) is 28.3 Å². The fourth-order valence-corrected chi connectivity index (χ4v) is 1.51. The van der Waals surface area contributed by atoms with Crippen LogP contribution in [0.15, 0.2) is 6.07 Å². The van der Waals surface area contributed by atoms with E-state index >= 15 is 0 Å². The van der Waals surface area contributed by atoms with Gasteiger partial charge in [0.05, 0.1) is 5.52 Å². The fraction of sp³-hybridized carbons (Fsp3) is 0. The molecule has 2 aromatic rings. The number of carboxylic acid groups (broad SMARTS) is 1. The molecule has 2 rings (SSSR count). The first-order chi connectivity index (χ1) is 6.58. The van der Waals surface area contributed by atoms with E-state index in [1.54, 1.807) is 0 Å². The molecule has 0 radical (unpaired) electrons. The summed E-state index contributed by atoms with van der Waals surface area (Å²) in [7, 11) is 0. The van der Waals surface area contributed by atoms with Gasteiger partial charge in [-0.25, -0.2) is 14.8 Å². The summed E-state index contributed by atoms with van der Waals surface area (Å²) in [5, 5.41) is 8.78. The number of hydrogen-bond donors (Lipinski definition) is 2. The van der Waals surface area contributed by atoms with Crippen molar-refractivity contribution in [3.05, 3.63) is 22.2 Å². The molecule has 2 aromatic heterocycles. The summed E-state index contributed by atoms with van der Waals surface area (Å²) >= 11 is 11.3. The highest BCUT2D eigenvalue weighted by molar-refractivity contribution is 6.35. The van der Waals surface area contributed by atoms with Crippen molar-refractivity contribution in [2.45, 2.75) is 0 Å². The Bertz CT molecular complexity index is 523. The van der Waals surface area contributed by atoms with E-state index in [1.165, 1.54) is 6.07 Å². The van der Waals surface area contributed by atoms with Crippen LogP contribution >= 0.6 is 23.2 Å². The Morgan fingerprint density at radius 2 is 2.14 bits per heavy atom. The number of aromatic carboxylic acids is 1. The molecule has 2 N–H and O–H groups in total. The molecule has 0 aromatic carbocycles.